The minimum atomic E-state index is -1.28. The molecule has 4 aromatic carbocycles. The van der Waals surface area contributed by atoms with Crippen LogP contribution >= 0.6 is 0 Å². The molecule has 0 aliphatic heterocycles. The van der Waals surface area contributed by atoms with Gasteiger partial charge in [0, 0.05) is 28.6 Å². The number of ether oxygens (including phenoxy) is 3. The molecule has 0 bridgehead atoms. The molecule has 11 heteroatoms. The number of amides is 2. The summed E-state index contributed by atoms with van der Waals surface area (Å²) in [5, 5.41) is 16.1. The number of aliphatic carboxylic acids is 1. The second-order valence-electron chi connectivity index (χ2n) is 12.3. The Balaban J connectivity index is 1.15. The van der Waals surface area contributed by atoms with Crippen molar-refractivity contribution in [3.8, 4) is 17.2 Å². The van der Waals surface area contributed by atoms with Gasteiger partial charge in [-0.15, -0.1) is 0 Å². The van der Waals surface area contributed by atoms with Gasteiger partial charge in [-0.3, -0.25) is 9.59 Å². The number of aryl methyl sites for hydroxylation is 1. The number of carboxylic acids is 1. The Morgan fingerprint density at radius 3 is 2.21 bits per heavy atom. The first-order valence-electron chi connectivity index (χ1n) is 17.2. The molecule has 1 unspecified atom stereocenters. The van der Waals surface area contributed by atoms with Crippen molar-refractivity contribution in [2.75, 3.05) is 19.0 Å². The average Bonchev–Trinajstić information content (AvgIpc) is 3.49. The smallest absolute Gasteiger partial charge is 0.343 e. The first-order valence-corrected chi connectivity index (χ1v) is 17.2. The zero-order valence-electron chi connectivity index (χ0n) is 29.4. The summed E-state index contributed by atoms with van der Waals surface area (Å²) in [7, 11) is 1.41. The number of unbranched alkanes of at least 4 members (excludes halogenated alkanes) is 4. The van der Waals surface area contributed by atoms with Crippen LogP contribution in [0, 0.1) is 6.92 Å². The van der Waals surface area contributed by atoms with Crippen molar-refractivity contribution in [2.45, 2.75) is 58.4 Å². The summed E-state index contributed by atoms with van der Waals surface area (Å²) in [5.74, 6) is -1.64. The third-order valence-electron chi connectivity index (χ3n) is 8.54. The van der Waals surface area contributed by atoms with E-state index in [1.807, 2.05) is 18.2 Å². The summed E-state index contributed by atoms with van der Waals surface area (Å²) >= 11 is 0. The van der Waals surface area contributed by atoms with Crippen LogP contribution in [0.3, 0.4) is 0 Å². The SMILES string of the molecule is CCCCCCCOc1ccc(C(=O)Oc2ccc(CC(NC(=O)c3ccc(NC(=O)c4oc5ccccc5c4C)cc3)C(=O)O)cc2OC)cc1. The molecule has 2 amide bonds. The van der Waals surface area contributed by atoms with E-state index in [0.29, 0.717) is 40.3 Å². The third-order valence-corrected chi connectivity index (χ3v) is 8.54. The van der Waals surface area contributed by atoms with E-state index in [4.69, 9.17) is 18.6 Å². The lowest BCUT2D eigenvalue weighted by Gasteiger charge is -2.16. The highest BCUT2D eigenvalue weighted by Crippen LogP contribution is 2.30. The van der Waals surface area contributed by atoms with E-state index in [0.717, 1.165) is 18.2 Å². The van der Waals surface area contributed by atoms with Gasteiger partial charge in [-0.2, -0.15) is 0 Å². The maximum Gasteiger partial charge on any atom is 0.343 e. The summed E-state index contributed by atoms with van der Waals surface area (Å²) < 4.78 is 22.5. The van der Waals surface area contributed by atoms with Crippen LogP contribution in [0.15, 0.2) is 95.4 Å². The van der Waals surface area contributed by atoms with Crippen LogP contribution in [0.4, 0.5) is 5.69 Å². The Hall–Kier alpha value is -6.10. The number of carbonyl (C=O) groups is 4. The molecule has 1 atom stereocenters. The van der Waals surface area contributed by atoms with Crippen LogP contribution < -0.4 is 24.8 Å². The van der Waals surface area contributed by atoms with Crippen LogP contribution in [0.25, 0.3) is 11.0 Å². The van der Waals surface area contributed by atoms with Crippen molar-refractivity contribution in [3.05, 3.63) is 119 Å². The second-order valence-corrected chi connectivity index (χ2v) is 12.3. The van der Waals surface area contributed by atoms with E-state index in [9.17, 15) is 24.3 Å². The Kier molecular flexibility index (Phi) is 12.7. The number of carbonyl (C=O) groups excluding carboxylic acids is 3. The number of rotatable bonds is 17. The highest BCUT2D eigenvalue weighted by molar-refractivity contribution is 6.06. The minimum Gasteiger partial charge on any atom is -0.494 e. The largest absolute Gasteiger partial charge is 0.494 e. The zero-order chi connectivity index (χ0) is 37.0. The van der Waals surface area contributed by atoms with Gasteiger partial charge in [-0.05, 0) is 85.6 Å². The minimum absolute atomic E-state index is 0.0727. The third kappa shape index (κ3) is 9.57. The molecule has 0 fully saturated rings. The Labute approximate surface area is 301 Å². The predicted octanol–water partition coefficient (Wildman–Crippen LogP) is 8.00. The first-order chi connectivity index (χ1) is 25.2. The summed E-state index contributed by atoms with van der Waals surface area (Å²) in [6.07, 6.45) is 5.62. The van der Waals surface area contributed by atoms with Gasteiger partial charge in [0.05, 0.1) is 19.3 Å². The van der Waals surface area contributed by atoms with Gasteiger partial charge in [0.15, 0.2) is 17.3 Å². The molecule has 1 heterocycles. The van der Waals surface area contributed by atoms with Crippen LogP contribution in [-0.4, -0.2) is 48.6 Å². The molecule has 3 N–H and O–H groups in total. The number of methoxy groups -OCH3 is 1. The number of hydrogen-bond donors (Lipinski definition) is 3. The molecule has 5 aromatic rings. The Morgan fingerprint density at radius 2 is 1.52 bits per heavy atom. The van der Waals surface area contributed by atoms with E-state index in [2.05, 4.69) is 17.6 Å². The van der Waals surface area contributed by atoms with Crippen LogP contribution in [-0.2, 0) is 11.2 Å². The van der Waals surface area contributed by atoms with E-state index in [1.54, 1.807) is 61.5 Å². The number of hydrogen-bond acceptors (Lipinski definition) is 8. The van der Waals surface area contributed by atoms with Crippen molar-refractivity contribution < 1.29 is 42.9 Å². The number of nitrogens with one attached hydrogen (secondary N) is 2. The van der Waals surface area contributed by atoms with Crippen molar-refractivity contribution in [3.63, 3.8) is 0 Å². The molecule has 1 aromatic heterocycles. The van der Waals surface area contributed by atoms with Gasteiger partial charge < -0.3 is 34.4 Å². The zero-order valence-corrected chi connectivity index (χ0v) is 29.4. The van der Waals surface area contributed by atoms with Gasteiger partial charge in [0.2, 0.25) is 0 Å². The monoisotopic (exact) mass is 706 g/mol. The Morgan fingerprint density at radius 1 is 0.808 bits per heavy atom. The molecule has 0 spiro atoms. The van der Waals surface area contributed by atoms with Crippen molar-refractivity contribution >= 4 is 40.4 Å². The van der Waals surface area contributed by atoms with Gasteiger partial charge in [0.25, 0.3) is 11.8 Å². The lowest BCUT2D eigenvalue weighted by Crippen LogP contribution is -2.42. The fourth-order valence-electron chi connectivity index (χ4n) is 5.63. The molecule has 52 heavy (non-hydrogen) atoms. The summed E-state index contributed by atoms with van der Waals surface area (Å²) in [6, 6.07) is 23.5. The average molecular weight is 707 g/mol. The Bertz CT molecular complexity index is 2020. The second kappa shape index (κ2) is 17.7. The lowest BCUT2D eigenvalue weighted by molar-refractivity contribution is -0.139. The summed E-state index contributed by atoms with van der Waals surface area (Å²) in [6.45, 7) is 4.60. The van der Waals surface area contributed by atoms with E-state index in [1.165, 1.54) is 44.6 Å². The summed E-state index contributed by atoms with van der Waals surface area (Å²) in [4.78, 5) is 51.0. The highest BCUT2D eigenvalue weighted by atomic mass is 16.6. The maximum absolute atomic E-state index is 13.0. The van der Waals surface area contributed by atoms with Crippen LogP contribution in [0.5, 0.6) is 17.2 Å². The quantitative estimate of drug-likeness (QED) is 0.0496. The molecular formula is C41H42N2O9. The van der Waals surface area contributed by atoms with Gasteiger partial charge in [0.1, 0.15) is 17.4 Å². The number of anilines is 1. The van der Waals surface area contributed by atoms with Crippen molar-refractivity contribution in [2.24, 2.45) is 0 Å². The van der Waals surface area contributed by atoms with Crippen molar-refractivity contribution in [1.29, 1.82) is 0 Å². The number of esters is 1. The van der Waals surface area contributed by atoms with E-state index < -0.39 is 29.8 Å². The predicted molar refractivity (Wildman–Crippen MR) is 197 cm³/mol. The molecule has 11 nitrogen and oxygen atoms in total. The number of furan rings is 1. The normalized spacial score (nSPS) is 11.4. The molecular weight excluding hydrogens is 664 g/mol. The maximum atomic E-state index is 13.0. The van der Waals surface area contributed by atoms with E-state index in [-0.39, 0.29) is 29.2 Å². The number of benzene rings is 4. The number of fused-ring (bicyclic) bond motifs is 1. The van der Waals surface area contributed by atoms with Crippen LogP contribution in [0.2, 0.25) is 0 Å². The first kappa shape index (κ1) is 37.2. The molecule has 270 valence electrons. The van der Waals surface area contributed by atoms with Gasteiger partial charge in [-0.1, -0.05) is 56.9 Å². The van der Waals surface area contributed by atoms with Gasteiger partial charge >= 0.3 is 11.9 Å². The topological polar surface area (TPSA) is 153 Å². The lowest BCUT2D eigenvalue weighted by atomic mass is 10.0. The molecule has 0 aliphatic rings. The standard InChI is InChI=1S/C41H42N2O9/c1-4-5-6-7-10-23-50-31-20-16-29(17-21-31)41(48)52-35-22-13-27(25-36(35)49-3)24-33(40(46)47)43-38(44)28-14-18-30(19-15-28)42-39(45)37-26(2)32-11-8-9-12-34(32)51-37/h8-9,11-22,25,33H,4-7,10,23-24H2,1-3H3,(H,42,45)(H,43,44)(H,46,47). The van der Waals surface area contributed by atoms with Gasteiger partial charge in [-0.25, -0.2) is 9.59 Å². The van der Waals surface area contributed by atoms with Crippen LogP contribution in [0.1, 0.15) is 81.4 Å². The highest BCUT2D eigenvalue weighted by Gasteiger charge is 2.23. The molecule has 0 saturated heterocycles. The fraction of sp³-hybridized carbons (Fsp3) is 0.268. The van der Waals surface area contributed by atoms with Crippen molar-refractivity contribution in [1.82, 2.24) is 5.32 Å². The molecule has 0 radical (unpaired) electrons. The summed E-state index contributed by atoms with van der Waals surface area (Å²) in [5.41, 5.74) is 2.80. The molecule has 0 aliphatic carbocycles. The molecule has 5 rings (SSSR count). The number of carboxylic acid groups (broad SMARTS) is 1. The fourth-order valence-corrected chi connectivity index (χ4v) is 5.63. The van der Waals surface area contributed by atoms with E-state index >= 15 is 0 Å². The number of para-hydroxylation sites is 1. The molecule has 0 saturated carbocycles.